The van der Waals surface area contributed by atoms with Crippen LogP contribution in [-0.4, -0.2) is 12.1 Å². The highest BCUT2D eigenvalue weighted by Crippen LogP contribution is 2.28. The molecule has 2 aromatic rings. The molecule has 0 unspecified atom stereocenters. The van der Waals surface area contributed by atoms with Crippen molar-refractivity contribution in [3.63, 3.8) is 0 Å². The minimum Gasteiger partial charge on any atom is -0.497 e. The van der Waals surface area contributed by atoms with Gasteiger partial charge < -0.3 is 4.74 Å². The van der Waals surface area contributed by atoms with E-state index in [-0.39, 0.29) is 5.41 Å². The van der Waals surface area contributed by atoms with Crippen LogP contribution in [0.15, 0.2) is 36.5 Å². The number of hydrogen-bond donors (Lipinski definition) is 0. The largest absolute Gasteiger partial charge is 0.497 e. The van der Waals surface area contributed by atoms with Crippen molar-refractivity contribution >= 4 is 0 Å². The Morgan fingerprint density at radius 2 is 1.68 bits per heavy atom. The highest BCUT2D eigenvalue weighted by molar-refractivity contribution is 5.67. The lowest BCUT2D eigenvalue weighted by Gasteiger charge is -2.19. The molecule has 0 saturated carbocycles. The molecular formula is C17H21NO. The summed E-state index contributed by atoms with van der Waals surface area (Å²) in [6.07, 6.45) is 1.97. The van der Waals surface area contributed by atoms with Gasteiger partial charge in [-0.3, -0.25) is 4.98 Å². The summed E-state index contributed by atoms with van der Waals surface area (Å²) in [5.74, 6) is 0.876. The van der Waals surface area contributed by atoms with Crippen LogP contribution in [0.25, 0.3) is 11.1 Å². The summed E-state index contributed by atoms with van der Waals surface area (Å²) < 4.78 is 5.18. The number of pyridine rings is 1. The minimum atomic E-state index is 0.0865. The summed E-state index contributed by atoms with van der Waals surface area (Å²) in [5.41, 5.74) is 4.82. The molecule has 0 aliphatic heterocycles. The SMILES string of the molecule is COc1ccc(-c2cnc(C(C)(C)C)cc2C)cc1. The molecule has 0 aliphatic carbocycles. The van der Waals surface area contributed by atoms with E-state index in [0.717, 1.165) is 11.4 Å². The molecule has 0 amide bonds. The number of rotatable bonds is 2. The van der Waals surface area contributed by atoms with Gasteiger partial charge in [-0.15, -0.1) is 0 Å². The molecular weight excluding hydrogens is 234 g/mol. The quantitative estimate of drug-likeness (QED) is 0.795. The van der Waals surface area contributed by atoms with Gasteiger partial charge in [-0.05, 0) is 36.2 Å². The number of nitrogens with zero attached hydrogens (tertiary/aromatic N) is 1. The van der Waals surface area contributed by atoms with Crippen molar-refractivity contribution in [2.24, 2.45) is 0 Å². The van der Waals surface area contributed by atoms with Gasteiger partial charge in [0.2, 0.25) is 0 Å². The molecule has 0 atom stereocenters. The molecule has 0 bridgehead atoms. The molecule has 19 heavy (non-hydrogen) atoms. The Morgan fingerprint density at radius 3 is 2.16 bits per heavy atom. The molecule has 1 aromatic heterocycles. The fourth-order valence-electron chi connectivity index (χ4n) is 2.04. The smallest absolute Gasteiger partial charge is 0.118 e. The van der Waals surface area contributed by atoms with Crippen molar-refractivity contribution in [3.05, 3.63) is 47.8 Å². The minimum absolute atomic E-state index is 0.0865. The first-order valence-electron chi connectivity index (χ1n) is 6.53. The zero-order valence-electron chi connectivity index (χ0n) is 12.3. The maximum Gasteiger partial charge on any atom is 0.118 e. The van der Waals surface area contributed by atoms with Gasteiger partial charge in [-0.25, -0.2) is 0 Å². The van der Waals surface area contributed by atoms with Gasteiger partial charge in [-0.2, -0.15) is 0 Å². The molecule has 100 valence electrons. The van der Waals surface area contributed by atoms with Gasteiger partial charge in [-0.1, -0.05) is 32.9 Å². The summed E-state index contributed by atoms with van der Waals surface area (Å²) >= 11 is 0. The van der Waals surface area contributed by atoms with Crippen LogP contribution in [0.3, 0.4) is 0 Å². The van der Waals surface area contributed by atoms with Gasteiger partial charge in [0.25, 0.3) is 0 Å². The second-order valence-corrected chi connectivity index (χ2v) is 5.86. The Labute approximate surface area is 115 Å². The average molecular weight is 255 g/mol. The van der Waals surface area contributed by atoms with Crippen LogP contribution in [0, 0.1) is 6.92 Å². The van der Waals surface area contributed by atoms with Gasteiger partial charge in [0.05, 0.1) is 7.11 Å². The Balaban J connectivity index is 2.40. The van der Waals surface area contributed by atoms with Gasteiger partial charge in [0.1, 0.15) is 5.75 Å². The third kappa shape index (κ3) is 2.95. The summed E-state index contributed by atoms with van der Waals surface area (Å²) in [5, 5.41) is 0. The van der Waals surface area contributed by atoms with Crippen molar-refractivity contribution < 1.29 is 4.74 Å². The van der Waals surface area contributed by atoms with Crippen LogP contribution in [0.5, 0.6) is 5.75 Å². The topological polar surface area (TPSA) is 22.1 Å². The third-order valence-electron chi connectivity index (χ3n) is 3.28. The van der Waals surface area contributed by atoms with Crippen molar-refractivity contribution in [1.29, 1.82) is 0 Å². The first-order valence-corrected chi connectivity index (χ1v) is 6.53. The molecule has 2 nitrogen and oxygen atoms in total. The van der Waals surface area contributed by atoms with E-state index in [2.05, 4.69) is 50.9 Å². The van der Waals surface area contributed by atoms with Gasteiger partial charge in [0.15, 0.2) is 0 Å². The second kappa shape index (κ2) is 5.04. The Hall–Kier alpha value is -1.83. The number of aryl methyl sites for hydroxylation is 1. The van der Waals surface area contributed by atoms with Crippen LogP contribution in [0.4, 0.5) is 0 Å². The van der Waals surface area contributed by atoms with E-state index in [4.69, 9.17) is 4.74 Å². The summed E-state index contributed by atoms with van der Waals surface area (Å²) in [7, 11) is 1.68. The zero-order chi connectivity index (χ0) is 14.0. The molecule has 0 radical (unpaired) electrons. The lowest BCUT2D eigenvalue weighted by Crippen LogP contribution is -2.13. The molecule has 0 aliphatic rings. The van der Waals surface area contributed by atoms with Crippen LogP contribution in [0.2, 0.25) is 0 Å². The highest BCUT2D eigenvalue weighted by atomic mass is 16.5. The fraction of sp³-hybridized carbons (Fsp3) is 0.353. The molecule has 0 spiro atoms. The number of aromatic nitrogens is 1. The van der Waals surface area contributed by atoms with Crippen LogP contribution in [-0.2, 0) is 5.41 Å². The summed E-state index contributed by atoms with van der Waals surface area (Å²) in [6, 6.07) is 10.3. The van der Waals surface area contributed by atoms with Gasteiger partial charge in [0, 0.05) is 22.9 Å². The number of hydrogen-bond acceptors (Lipinski definition) is 2. The Bertz CT molecular complexity index is 565. The normalized spacial score (nSPS) is 11.4. The monoisotopic (exact) mass is 255 g/mol. The van der Waals surface area contributed by atoms with Crippen LogP contribution >= 0.6 is 0 Å². The van der Waals surface area contributed by atoms with Crippen molar-refractivity contribution in [1.82, 2.24) is 4.98 Å². The van der Waals surface area contributed by atoms with Crippen molar-refractivity contribution in [3.8, 4) is 16.9 Å². The molecule has 1 heterocycles. The van der Waals surface area contributed by atoms with Crippen molar-refractivity contribution in [2.75, 3.05) is 7.11 Å². The molecule has 0 fully saturated rings. The van der Waals surface area contributed by atoms with Crippen LogP contribution < -0.4 is 4.74 Å². The Morgan fingerprint density at radius 1 is 1.05 bits per heavy atom. The van der Waals surface area contributed by atoms with E-state index < -0.39 is 0 Å². The standard InChI is InChI=1S/C17H21NO/c1-12-10-16(17(2,3)4)18-11-15(12)13-6-8-14(19-5)9-7-13/h6-11H,1-5H3. The van der Waals surface area contributed by atoms with E-state index in [1.54, 1.807) is 7.11 Å². The van der Waals surface area contributed by atoms with Crippen LogP contribution in [0.1, 0.15) is 32.0 Å². The summed E-state index contributed by atoms with van der Waals surface area (Å²) in [6.45, 7) is 8.68. The maximum atomic E-state index is 5.18. The first-order chi connectivity index (χ1) is 8.91. The molecule has 1 aromatic carbocycles. The summed E-state index contributed by atoms with van der Waals surface area (Å²) in [4.78, 5) is 4.60. The third-order valence-corrected chi connectivity index (χ3v) is 3.28. The fourth-order valence-corrected chi connectivity index (χ4v) is 2.04. The molecule has 0 N–H and O–H groups in total. The number of benzene rings is 1. The van der Waals surface area contributed by atoms with Gasteiger partial charge >= 0.3 is 0 Å². The lowest BCUT2D eigenvalue weighted by atomic mass is 9.89. The first kappa shape index (κ1) is 13.6. The predicted molar refractivity (Wildman–Crippen MR) is 79.7 cm³/mol. The zero-order valence-corrected chi connectivity index (χ0v) is 12.3. The van der Waals surface area contributed by atoms with E-state index in [1.807, 2.05) is 18.3 Å². The number of methoxy groups -OCH3 is 1. The average Bonchev–Trinajstić information content (AvgIpc) is 2.38. The predicted octanol–water partition coefficient (Wildman–Crippen LogP) is 4.36. The molecule has 2 rings (SSSR count). The molecule has 0 saturated heterocycles. The van der Waals surface area contributed by atoms with E-state index in [9.17, 15) is 0 Å². The highest BCUT2D eigenvalue weighted by Gasteiger charge is 2.16. The molecule has 2 heteroatoms. The lowest BCUT2D eigenvalue weighted by molar-refractivity contribution is 0.415. The van der Waals surface area contributed by atoms with E-state index in [1.165, 1.54) is 16.7 Å². The Kier molecular flexibility index (Phi) is 3.61. The second-order valence-electron chi connectivity index (χ2n) is 5.86. The number of ether oxygens (including phenoxy) is 1. The maximum absolute atomic E-state index is 5.18. The van der Waals surface area contributed by atoms with Crippen molar-refractivity contribution in [2.45, 2.75) is 33.1 Å². The van der Waals surface area contributed by atoms with E-state index in [0.29, 0.717) is 0 Å². The van der Waals surface area contributed by atoms with E-state index >= 15 is 0 Å².